The second kappa shape index (κ2) is 8.40. The van der Waals surface area contributed by atoms with E-state index in [4.69, 9.17) is 9.47 Å². The number of aromatic nitrogens is 2. The molecule has 0 radical (unpaired) electrons. The van der Waals surface area contributed by atoms with Gasteiger partial charge in [0.05, 0.1) is 12.6 Å². The molecular weight excluding hydrogens is 398 g/mol. The van der Waals surface area contributed by atoms with Gasteiger partial charge in [-0.3, -0.25) is 9.20 Å². The zero-order valence-electron chi connectivity index (χ0n) is 17.3. The van der Waals surface area contributed by atoms with Crippen LogP contribution in [-0.4, -0.2) is 40.5 Å². The third kappa shape index (κ3) is 3.72. The maximum absolute atomic E-state index is 13.1. The highest BCUT2D eigenvalue weighted by Crippen LogP contribution is 2.38. The topological polar surface area (TPSA) is 56.1 Å². The van der Waals surface area contributed by atoms with Crippen LogP contribution in [0.2, 0.25) is 0 Å². The number of amides is 1. The van der Waals surface area contributed by atoms with Gasteiger partial charge in [-0.05, 0) is 36.5 Å². The fraction of sp³-hybridized carbons (Fsp3) is 0.478. The second-order valence-electron chi connectivity index (χ2n) is 8.22. The van der Waals surface area contributed by atoms with E-state index in [0.29, 0.717) is 31.3 Å². The number of fused-ring (bicyclic) bond motifs is 2. The van der Waals surface area contributed by atoms with E-state index in [1.807, 2.05) is 34.1 Å². The van der Waals surface area contributed by atoms with Gasteiger partial charge in [0.1, 0.15) is 18.1 Å². The molecule has 3 heterocycles. The Kier molecular flexibility index (Phi) is 5.48. The average Bonchev–Trinajstić information content (AvgIpc) is 3.31. The number of carbonyl (C=O) groups excluding carboxylic acids is 1. The Hall–Kier alpha value is -2.38. The van der Waals surface area contributed by atoms with Crippen molar-refractivity contribution in [1.82, 2.24) is 14.3 Å². The van der Waals surface area contributed by atoms with Crippen molar-refractivity contribution in [2.45, 2.75) is 44.8 Å². The molecule has 0 spiro atoms. The molecule has 6 nitrogen and oxygen atoms in total. The van der Waals surface area contributed by atoms with E-state index in [2.05, 4.69) is 17.1 Å². The van der Waals surface area contributed by atoms with Crippen molar-refractivity contribution in [1.29, 1.82) is 0 Å². The molecule has 1 aromatic carbocycles. The van der Waals surface area contributed by atoms with Crippen molar-refractivity contribution >= 4 is 22.2 Å². The fourth-order valence-electron chi connectivity index (χ4n) is 4.79. The average molecular weight is 426 g/mol. The number of nitrogens with zero attached hydrogens (tertiary/aromatic N) is 3. The monoisotopic (exact) mass is 425 g/mol. The van der Waals surface area contributed by atoms with Crippen molar-refractivity contribution in [2.75, 3.05) is 20.3 Å². The van der Waals surface area contributed by atoms with Gasteiger partial charge in [0.25, 0.3) is 5.91 Å². The number of rotatable bonds is 4. The van der Waals surface area contributed by atoms with Gasteiger partial charge in [-0.15, -0.1) is 11.3 Å². The minimum atomic E-state index is -0.0525. The van der Waals surface area contributed by atoms with Crippen LogP contribution < -0.4 is 4.74 Å². The molecule has 7 heteroatoms. The van der Waals surface area contributed by atoms with E-state index in [0.717, 1.165) is 16.3 Å². The summed E-state index contributed by atoms with van der Waals surface area (Å²) in [4.78, 5) is 20.3. The Bertz CT molecular complexity index is 1010. The molecule has 30 heavy (non-hydrogen) atoms. The second-order valence-corrected chi connectivity index (χ2v) is 9.09. The van der Waals surface area contributed by atoms with Gasteiger partial charge in [-0.2, -0.15) is 0 Å². The third-order valence-electron chi connectivity index (χ3n) is 6.32. The standard InChI is InChI=1S/C23H27N3O3S/c1-28-21(16-5-3-2-4-6-16)17-7-8-20-18(13-17)14-25(9-11-29-20)22(27)19-15-26-10-12-30-23(26)24-19/h7-8,10,12-13,15-16,21H,2-6,9,11,14H2,1H3. The first-order valence-electron chi connectivity index (χ1n) is 10.7. The van der Waals surface area contributed by atoms with Gasteiger partial charge in [0.2, 0.25) is 0 Å². The van der Waals surface area contributed by atoms with Crippen LogP contribution in [0.4, 0.5) is 0 Å². The van der Waals surface area contributed by atoms with Crippen LogP contribution in [0.5, 0.6) is 5.75 Å². The Morgan fingerprint density at radius 2 is 2.17 bits per heavy atom. The van der Waals surface area contributed by atoms with Crippen LogP contribution in [0.3, 0.4) is 0 Å². The number of imidazole rings is 1. The molecule has 2 aromatic heterocycles. The van der Waals surface area contributed by atoms with E-state index < -0.39 is 0 Å². The number of ether oxygens (including phenoxy) is 2. The molecular formula is C23H27N3O3S. The van der Waals surface area contributed by atoms with Gasteiger partial charge < -0.3 is 14.4 Å². The van der Waals surface area contributed by atoms with E-state index in [1.54, 1.807) is 6.20 Å². The summed E-state index contributed by atoms with van der Waals surface area (Å²) in [6, 6.07) is 6.35. The third-order valence-corrected chi connectivity index (χ3v) is 7.10. The maximum Gasteiger partial charge on any atom is 0.274 e. The van der Waals surface area contributed by atoms with Gasteiger partial charge in [0.15, 0.2) is 4.96 Å². The number of methoxy groups -OCH3 is 1. The lowest BCUT2D eigenvalue weighted by Gasteiger charge is -2.30. The van der Waals surface area contributed by atoms with Gasteiger partial charge >= 0.3 is 0 Å². The smallest absolute Gasteiger partial charge is 0.274 e. The SMILES string of the molecule is COC(c1ccc2c(c1)CN(C(=O)c1cn3ccsc3n1)CCO2)C1CCCCC1. The molecule has 0 saturated heterocycles. The number of thiazole rings is 1. The lowest BCUT2D eigenvalue weighted by atomic mass is 9.82. The van der Waals surface area contributed by atoms with Crippen molar-refractivity contribution in [3.05, 3.63) is 52.8 Å². The van der Waals surface area contributed by atoms with Crippen LogP contribution in [-0.2, 0) is 11.3 Å². The van der Waals surface area contributed by atoms with Crippen LogP contribution >= 0.6 is 11.3 Å². The molecule has 0 bridgehead atoms. The van der Waals surface area contributed by atoms with Crippen LogP contribution in [0.25, 0.3) is 4.96 Å². The van der Waals surface area contributed by atoms with Crippen LogP contribution in [0.1, 0.15) is 59.8 Å². The van der Waals surface area contributed by atoms with E-state index in [1.165, 1.54) is 49.0 Å². The molecule has 1 unspecified atom stereocenters. The lowest BCUT2D eigenvalue weighted by Crippen LogP contribution is -2.32. The number of hydrogen-bond donors (Lipinski definition) is 0. The first-order valence-corrected chi connectivity index (χ1v) is 11.6. The number of hydrogen-bond acceptors (Lipinski definition) is 5. The van der Waals surface area contributed by atoms with Gasteiger partial charge in [-0.1, -0.05) is 25.3 Å². The van der Waals surface area contributed by atoms with Crippen molar-refractivity contribution in [2.24, 2.45) is 5.92 Å². The quantitative estimate of drug-likeness (QED) is 0.608. The van der Waals surface area contributed by atoms with Gasteiger partial charge in [0, 0.05) is 37.0 Å². The highest BCUT2D eigenvalue weighted by molar-refractivity contribution is 7.15. The first kappa shape index (κ1) is 19.6. The fourth-order valence-corrected chi connectivity index (χ4v) is 5.49. The molecule has 3 aromatic rings. The molecule has 1 fully saturated rings. The highest BCUT2D eigenvalue weighted by atomic mass is 32.1. The molecule has 1 atom stereocenters. The zero-order chi connectivity index (χ0) is 20.5. The predicted octanol–water partition coefficient (Wildman–Crippen LogP) is 4.70. The van der Waals surface area contributed by atoms with E-state index >= 15 is 0 Å². The maximum atomic E-state index is 13.1. The Balaban J connectivity index is 1.39. The molecule has 2 aliphatic rings. The zero-order valence-corrected chi connectivity index (χ0v) is 18.1. The van der Waals surface area contributed by atoms with E-state index in [-0.39, 0.29) is 12.0 Å². The van der Waals surface area contributed by atoms with Crippen molar-refractivity contribution in [3.63, 3.8) is 0 Å². The molecule has 0 N–H and O–H groups in total. The minimum absolute atomic E-state index is 0.0525. The van der Waals surface area contributed by atoms with Crippen molar-refractivity contribution < 1.29 is 14.3 Å². The Labute approximate surface area is 180 Å². The Morgan fingerprint density at radius 1 is 1.30 bits per heavy atom. The summed E-state index contributed by atoms with van der Waals surface area (Å²) in [6.45, 7) is 1.55. The summed E-state index contributed by atoms with van der Waals surface area (Å²) in [5.74, 6) is 1.37. The van der Waals surface area contributed by atoms with Crippen molar-refractivity contribution in [3.8, 4) is 5.75 Å². The van der Waals surface area contributed by atoms with Crippen LogP contribution in [0, 0.1) is 5.92 Å². The molecule has 1 amide bonds. The van der Waals surface area contributed by atoms with E-state index in [9.17, 15) is 4.79 Å². The predicted molar refractivity (Wildman–Crippen MR) is 116 cm³/mol. The molecule has 1 aliphatic heterocycles. The molecule has 1 aliphatic carbocycles. The lowest BCUT2D eigenvalue weighted by molar-refractivity contribution is 0.0353. The normalized spacial score (nSPS) is 18.6. The van der Waals surface area contributed by atoms with Crippen LogP contribution in [0.15, 0.2) is 36.0 Å². The van der Waals surface area contributed by atoms with Gasteiger partial charge in [-0.25, -0.2) is 4.98 Å². The summed E-state index contributed by atoms with van der Waals surface area (Å²) in [6.07, 6.45) is 10.2. The molecule has 5 rings (SSSR count). The molecule has 158 valence electrons. The minimum Gasteiger partial charge on any atom is -0.491 e. The number of benzene rings is 1. The Morgan fingerprint density at radius 3 is 2.97 bits per heavy atom. The summed E-state index contributed by atoms with van der Waals surface area (Å²) in [7, 11) is 1.81. The summed E-state index contributed by atoms with van der Waals surface area (Å²) < 4.78 is 13.8. The highest BCUT2D eigenvalue weighted by Gasteiger charge is 2.28. The first-order chi connectivity index (χ1) is 14.7. The summed E-state index contributed by atoms with van der Waals surface area (Å²) >= 11 is 1.53. The largest absolute Gasteiger partial charge is 0.491 e. The summed E-state index contributed by atoms with van der Waals surface area (Å²) in [5.41, 5.74) is 2.71. The summed E-state index contributed by atoms with van der Waals surface area (Å²) in [5, 5.41) is 1.96. The molecule has 1 saturated carbocycles. The number of carbonyl (C=O) groups is 1.